The zero-order valence-corrected chi connectivity index (χ0v) is 7.82. The number of rotatable bonds is 1. The Balaban J connectivity index is 2.87. The van der Waals surface area contributed by atoms with Crippen LogP contribution in [0.2, 0.25) is 4.34 Å². The summed E-state index contributed by atoms with van der Waals surface area (Å²) in [6.45, 7) is 0. The van der Waals surface area contributed by atoms with E-state index in [1.54, 1.807) is 18.3 Å². The molecule has 1 rings (SSSR count). The molecule has 0 saturated carbocycles. The van der Waals surface area contributed by atoms with E-state index in [1.165, 1.54) is 7.05 Å². The first-order chi connectivity index (χ1) is 5.65. The molecule has 12 heavy (non-hydrogen) atoms. The molecule has 0 bridgehead atoms. The molecular formula is C7H5ClN2OS. The van der Waals surface area contributed by atoms with Gasteiger partial charge >= 0.3 is 0 Å². The van der Waals surface area contributed by atoms with Crippen LogP contribution in [-0.2, 0) is 0 Å². The van der Waals surface area contributed by atoms with Crippen LogP contribution >= 0.6 is 22.9 Å². The first kappa shape index (κ1) is 9.04. The van der Waals surface area contributed by atoms with Crippen molar-refractivity contribution in [3.05, 3.63) is 21.3 Å². The number of nitrogens with zero attached hydrogens (tertiary/aromatic N) is 2. The molecule has 0 radical (unpaired) electrons. The lowest BCUT2D eigenvalue weighted by molar-refractivity contribution is 0.0863. The van der Waals surface area contributed by atoms with Crippen molar-refractivity contribution in [2.45, 2.75) is 0 Å². The van der Waals surface area contributed by atoms with Crippen molar-refractivity contribution in [2.24, 2.45) is 0 Å². The average Bonchev–Trinajstić information content (AvgIpc) is 2.49. The van der Waals surface area contributed by atoms with Gasteiger partial charge in [0.05, 0.1) is 9.21 Å². The van der Waals surface area contributed by atoms with E-state index in [4.69, 9.17) is 16.9 Å². The number of carbonyl (C=O) groups excluding carboxylic acids is 1. The number of amides is 1. The summed E-state index contributed by atoms with van der Waals surface area (Å²) >= 11 is 6.78. The molecule has 0 saturated heterocycles. The number of hydrogen-bond acceptors (Lipinski definition) is 3. The second kappa shape index (κ2) is 3.57. The van der Waals surface area contributed by atoms with E-state index >= 15 is 0 Å². The van der Waals surface area contributed by atoms with Crippen LogP contribution in [-0.4, -0.2) is 17.9 Å². The van der Waals surface area contributed by atoms with Gasteiger partial charge in [0, 0.05) is 7.05 Å². The summed E-state index contributed by atoms with van der Waals surface area (Å²) in [5.74, 6) is -0.325. The van der Waals surface area contributed by atoms with E-state index in [1.807, 2.05) is 0 Å². The molecule has 62 valence electrons. The number of halogens is 1. The quantitative estimate of drug-likeness (QED) is 0.514. The Kier molecular flexibility index (Phi) is 2.69. The Morgan fingerprint density at radius 2 is 2.42 bits per heavy atom. The van der Waals surface area contributed by atoms with Gasteiger partial charge in [0.15, 0.2) is 6.19 Å². The van der Waals surface area contributed by atoms with Gasteiger partial charge in [-0.2, -0.15) is 5.26 Å². The molecule has 0 aromatic carbocycles. The van der Waals surface area contributed by atoms with Crippen molar-refractivity contribution in [2.75, 3.05) is 7.05 Å². The number of carbonyl (C=O) groups is 1. The number of hydrogen-bond donors (Lipinski definition) is 0. The SMILES string of the molecule is CN(C#N)C(=O)c1ccc(Cl)s1. The molecule has 0 N–H and O–H groups in total. The summed E-state index contributed by atoms with van der Waals surface area (Å²) in [5, 5.41) is 8.40. The van der Waals surface area contributed by atoms with Crippen LogP contribution in [0.5, 0.6) is 0 Å². The lowest BCUT2D eigenvalue weighted by atomic mass is 10.4. The van der Waals surface area contributed by atoms with Gasteiger partial charge in [0.1, 0.15) is 0 Å². The third-order valence-electron chi connectivity index (χ3n) is 1.24. The fourth-order valence-corrected chi connectivity index (χ4v) is 1.66. The van der Waals surface area contributed by atoms with Crippen LogP contribution < -0.4 is 0 Å². The number of thiophene rings is 1. The fraction of sp³-hybridized carbons (Fsp3) is 0.143. The van der Waals surface area contributed by atoms with Crippen molar-refractivity contribution >= 4 is 28.8 Å². The first-order valence-corrected chi connectivity index (χ1v) is 4.27. The van der Waals surface area contributed by atoms with E-state index < -0.39 is 0 Å². The van der Waals surface area contributed by atoms with Crippen LogP contribution in [0.4, 0.5) is 0 Å². The lowest BCUT2D eigenvalue weighted by Gasteiger charge is -2.02. The normalized spacial score (nSPS) is 9.08. The van der Waals surface area contributed by atoms with Crippen molar-refractivity contribution in [1.82, 2.24) is 4.90 Å². The van der Waals surface area contributed by atoms with Crippen LogP contribution in [0, 0.1) is 11.5 Å². The largest absolute Gasteiger partial charge is 0.276 e. The highest BCUT2D eigenvalue weighted by molar-refractivity contribution is 7.17. The van der Waals surface area contributed by atoms with Gasteiger partial charge in [-0.05, 0) is 12.1 Å². The predicted octanol–water partition coefficient (Wildman–Crippen LogP) is 1.95. The summed E-state index contributed by atoms with van der Waals surface area (Å²) in [6.07, 6.45) is 1.72. The molecule has 0 aliphatic heterocycles. The van der Waals surface area contributed by atoms with Crippen LogP contribution in [0.1, 0.15) is 9.67 Å². The summed E-state index contributed by atoms with van der Waals surface area (Å²) in [6, 6.07) is 3.23. The Morgan fingerprint density at radius 1 is 1.75 bits per heavy atom. The van der Waals surface area contributed by atoms with Gasteiger partial charge in [-0.25, -0.2) is 4.90 Å². The van der Waals surface area contributed by atoms with Gasteiger partial charge in [-0.15, -0.1) is 11.3 Å². The van der Waals surface area contributed by atoms with Crippen LogP contribution in [0.15, 0.2) is 12.1 Å². The van der Waals surface area contributed by atoms with Gasteiger partial charge in [0.2, 0.25) is 0 Å². The third-order valence-corrected chi connectivity index (χ3v) is 2.46. The highest BCUT2D eigenvalue weighted by Gasteiger charge is 2.12. The monoisotopic (exact) mass is 200 g/mol. The molecule has 0 fully saturated rings. The standard InChI is InChI=1S/C7H5ClN2OS/c1-10(4-9)7(11)5-2-3-6(8)12-5/h2-3H,1H3. The minimum absolute atomic E-state index is 0.325. The predicted molar refractivity (Wildman–Crippen MR) is 47.0 cm³/mol. The molecule has 1 amide bonds. The minimum Gasteiger partial charge on any atom is -0.267 e. The Bertz CT molecular complexity index is 341. The van der Waals surface area contributed by atoms with Crippen molar-refractivity contribution in [3.63, 3.8) is 0 Å². The molecule has 1 heterocycles. The molecule has 1 aromatic rings. The van der Waals surface area contributed by atoms with Crippen molar-refractivity contribution < 1.29 is 4.79 Å². The maximum absolute atomic E-state index is 11.2. The van der Waals surface area contributed by atoms with E-state index in [2.05, 4.69) is 0 Å². The summed E-state index contributed by atoms with van der Waals surface area (Å²) in [7, 11) is 1.41. The molecule has 3 nitrogen and oxygen atoms in total. The maximum Gasteiger partial charge on any atom is 0.276 e. The molecule has 1 aromatic heterocycles. The highest BCUT2D eigenvalue weighted by Crippen LogP contribution is 2.22. The van der Waals surface area contributed by atoms with Gasteiger partial charge in [-0.3, -0.25) is 4.79 Å². The smallest absolute Gasteiger partial charge is 0.267 e. The van der Waals surface area contributed by atoms with Gasteiger partial charge in [0.25, 0.3) is 5.91 Å². The molecule has 5 heteroatoms. The van der Waals surface area contributed by atoms with E-state index in [9.17, 15) is 4.79 Å². The van der Waals surface area contributed by atoms with E-state index in [0.717, 1.165) is 16.2 Å². The summed E-state index contributed by atoms with van der Waals surface area (Å²) < 4.78 is 0.546. The molecule has 0 aliphatic carbocycles. The van der Waals surface area contributed by atoms with E-state index in [0.29, 0.717) is 9.21 Å². The fourth-order valence-electron chi connectivity index (χ4n) is 0.640. The Morgan fingerprint density at radius 3 is 2.83 bits per heavy atom. The summed E-state index contributed by atoms with van der Waals surface area (Å²) in [5.41, 5.74) is 0. The second-order valence-corrected chi connectivity index (χ2v) is 3.78. The highest BCUT2D eigenvalue weighted by atomic mass is 35.5. The van der Waals surface area contributed by atoms with Gasteiger partial charge < -0.3 is 0 Å². The van der Waals surface area contributed by atoms with Crippen LogP contribution in [0.25, 0.3) is 0 Å². The van der Waals surface area contributed by atoms with Crippen LogP contribution in [0.3, 0.4) is 0 Å². The molecular weight excluding hydrogens is 196 g/mol. The zero-order valence-electron chi connectivity index (χ0n) is 6.24. The Labute approximate surface area is 78.8 Å². The maximum atomic E-state index is 11.2. The summed E-state index contributed by atoms with van der Waals surface area (Å²) in [4.78, 5) is 12.7. The van der Waals surface area contributed by atoms with Gasteiger partial charge in [-0.1, -0.05) is 11.6 Å². The molecule has 0 unspecified atom stereocenters. The lowest BCUT2D eigenvalue weighted by Crippen LogP contribution is -2.19. The molecule has 0 aliphatic rings. The second-order valence-electron chi connectivity index (χ2n) is 2.07. The number of nitriles is 1. The molecule has 0 atom stereocenters. The molecule has 0 spiro atoms. The minimum atomic E-state index is -0.325. The van der Waals surface area contributed by atoms with Crippen molar-refractivity contribution in [3.8, 4) is 6.19 Å². The first-order valence-electron chi connectivity index (χ1n) is 3.08. The average molecular weight is 201 g/mol. The van der Waals surface area contributed by atoms with E-state index in [-0.39, 0.29) is 5.91 Å². The zero-order chi connectivity index (χ0) is 9.14. The van der Waals surface area contributed by atoms with Crippen molar-refractivity contribution in [1.29, 1.82) is 5.26 Å². The topological polar surface area (TPSA) is 44.1 Å². The third kappa shape index (κ3) is 1.76. The Hall–Kier alpha value is -1.05.